The Morgan fingerprint density at radius 1 is 0.714 bits per heavy atom. The minimum absolute atomic E-state index is 0.475. The molecule has 3 rings (SSSR count). The van der Waals surface area contributed by atoms with Crippen molar-refractivity contribution in [3.63, 3.8) is 0 Å². The molecule has 0 saturated carbocycles. The van der Waals surface area contributed by atoms with Crippen LogP contribution in [0.4, 0.5) is 0 Å². The van der Waals surface area contributed by atoms with Gasteiger partial charge in [0.25, 0.3) is 0 Å². The summed E-state index contributed by atoms with van der Waals surface area (Å²) < 4.78 is 16.7. The minimum atomic E-state index is 0.475. The molecule has 3 fully saturated rings. The third kappa shape index (κ3) is 5.88. The van der Waals surface area contributed by atoms with Crippen LogP contribution in [0.15, 0.2) is 0 Å². The predicted molar refractivity (Wildman–Crippen MR) is 83.5 cm³/mol. The maximum Gasteiger partial charge on any atom is 0.0868 e. The highest BCUT2D eigenvalue weighted by atomic mass is 16.6. The van der Waals surface area contributed by atoms with E-state index in [1.165, 1.54) is 57.8 Å². The van der Waals surface area contributed by atoms with Crippen LogP contribution < -0.4 is 0 Å². The normalized spacial score (nSPS) is 36.7. The van der Waals surface area contributed by atoms with Crippen LogP contribution >= 0.6 is 0 Å². The van der Waals surface area contributed by atoms with Gasteiger partial charge in [-0.2, -0.15) is 0 Å². The number of epoxide rings is 3. The van der Waals surface area contributed by atoms with Gasteiger partial charge in [0.05, 0.1) is 37.1 Å². The molecular formula is C18H32O3. The first-order chi connectivity index (χ1) is 10.4. The van der Waals surface area contributed by atoms with Crippen molar-refractivity contribution < 1.29 is 14.2 Å². The fraction of sp³-hybridized carbons (Fsp3) is 1.00. The Balaban J connectivity index is 1.10. The molecule has 3 nitrogen and oxygen atoms in total. The maximum atomic E-state index is 5.79. The number of rotatable bonds is 13. The van der Waals surface area contributed by atoms with Crippen LogP contribution in [0.25, 0.3) is 0 Å². The molecule has 3 aliphatic heterocycles. The lowest BCUT2D eigenvalue weighted by atomic mass is 10.0. The first-order valence-electron chi connectivity index (χ1n) is 9.29. The molecule has 3 heterocycles. The molecule has 122 valence electrons. The Labute approximate surface area is 129 Å². The number of hydrogen-bond donors (Lipinski definition) is 0. The second-order valence-electron chi connectivity index (χ2n) is 7.12. The van der Waals surface area contributed by atoms with E-state index in [1.807, 2.05) is 0 Å². The molecule has 5 atom stereocenters. The van der Waals surface area contributed by atoms with E-state index in [2.05, 4.69) is 6.92 Å². The van der Waals surface area contributed by atoms with Crippen molar-refractivity contribution in [1.82, 2.24) is 0 Å². The lowest BCUT2D eigenvalue weighted by molar-refractivity contribution is 0.311. The number of unbranched alkanes of at least 4 members (excludes halogenated alkanes) is 7. The van der Waals surface area contributed by atoms with Crippen molar-refractivity contribution in [3.05, 3.63) is 0 Å². The molecule has 0 aromatic carbocycles. The highest BCUT2D eigenvalue weighted by molar-refractivity contribution is 4.96. The highest BCUT2D eigenvalue weighted by Gasteiger charge is 2.49. The second-order valence-corrected chi connectivity index (χ2v) is 7.12. The van der Waals surface area contributed by atoms with Crippen LogP contribution in [0.5, 0.6) is 0 Å². The lowest BCUT2D eigenvalue weighted by Crippen LogP contribution is -2.03. The quantitative estimate of drug-likeness (QED) is 0.377. The molecule has 0 radical (unpaired) electrons. The van der Waals surface area contributed by atoms with Gasteiger partial charge in [-0.3, -0.25) is 0 Å². The van der Waals surface area contributed by atoms with Crippen LogP contribution in [0.1, 0.15) is 77.6 Å². The Bertz CT molecular complexity index is 303. The summed E-state index contributed by atoms with van der Waals surface area (Å²) in [7, 11) is 0. The van der Waals surface area contributed by atoms with E-state index in [1.54, 1.807) is 0 Å². The highest BCUT2D eigenvalue weighted by Crippen LogP contribution is 2.40. The van der Waals surface area contributed by atoms with Crippen molar-refractivity contribution in [2.75, 3.05) is 6.61 Å². The van der Waals surface area contributed by atoms with Gasteiger partial charge in [0.15, 0.2) is 0 Å². The zero-order valence-corrected chi connectivity index (χ0v) is 13.6. The minimum Gasteiger partial charge on any atom is -0.373 e. The molecular weight excluding hydrogens is 264 g/mol. The maximum absolute atomic E-state index is 5.79. The van der Waals surface area contributed by atoms with Gasteiger partial charge in [0, 0.05) is 12.8 Å². The third-order valence-corrected chi connectivity index (χ3v) is 5.08. The SMILES string of the molecule is CCCCCCCCCCC1OC1CC1OC1CC1CO1. The smallest absolute Gasteiger partial charge is 0.0868 e. The largest absolute Gasteiger partial charge is 0.373 e. The first-order valence-corrected chi connectivity index (χ1v) is 9.29. The Hall–Kier alpha value is -0.120. The van der Waals surface area contributed by atoms with Crippen molar-refractivity contribution in [2.45, 2.75) is 108 Å². The van der Waals surface area contributed by atoms with Crippen LogP contribution in [-0.2, 0) is 14.2 Å². The van der Waals surface area contributed by atoms with Gasteiger partial charge in [-0.05, 0) is 6.42 Å². The topological polar surface area (TPSA) is 37.6 Å². The van der Waals surface area contributed by atoms with Gasteiger partial charge < -0.3 is 14.2 Å². The molecule has 0 aromatic heterocycles. The summed E-state index contributed by atoms with van der Waals surface area (Å²) in [5.74, 6) is 0. The number of hydrogen-bond acceptors (Lipinski definition) is 3. The van der Waals surface area contributed by atoms with Gasteiger partial charge in [-0.15, -0.1) is 0 Å². The molecule has 0 aliphatic carbocycles. The molecule has 3 heteroatoms. The molecule has 3 aliphatic rings. The molecule has 0 aromatic rings. The summed E-state index contributed by atoms with van der Waals surface area (Å²) in [6, 6.07) is 0. The summed E-state index contributed by atoms with van der Waals surface area (Å²) in [6.45, 7) is 3.23. The van der Waals surface area contributed by atoms with E-state index < -0.39 is 0 Å². The van der Waals surface area contributed by atoms with E-state index in [4.69, 9.17) is 14.2 Å². The molecule has 0 spiro atoms. The molecule has 5 unspecified atom stereocenters. The fourth-order valence-corrected chi connectivity index (χ4v) is 3.41. The van der Waals surface area contributed by atoms with Crippen molar-refractivity contribution in [2.24, 2.45) is 0 Å². The van der Waals surface area contributed by atoms with E-state index in [9.17, 15) is 0 Å². The van der Waals surface area contributed by atoms with Gasteiger partial charge in [0.2, 0.25) is 0 Å². The van der Waals surface area contributed by atoms with Crippen LogP contribution in [0.3, 0.4) is 0 Å². The van der Waals surface area contributed by atoms with E-state index in [0.29, 0.717) is 30.5 Å². The van der Waals surface area contributed by atoms with Crippen LogP contribution in [0, 0.1) is 0 Å². The van der Waals surface area contributed by atoms with Crippen molar-refractivity contribution >= 4 is 0 Å². The molecule has 3 saturated heterocycles. The van der Waals surface area contributed by atoms with E-state index >= 15 is 0 Å². The monoisotopic (exact) mass is 296 g/mol. The van der Waals surface area contributed by atoms with Crippen molar-refractivity contribution in [3.8, 4) is 0 Å². The summed E-state index contributed by atoms with van der Waals surface area (Å²) >= 11 is 0. The predicted octanol–water partition coefficient (Wildman–Crippen LogP) is 4.23. The average molecular weight is 296 g/mol. The van der Waals surface area contributed by atoms with Crippen LogP contribution in [0.2, 0.25) is 0 Å². The lowest BCUT2D eigenvalue weighted by Gasteiger charge is -2.00. The summed E-state index contributed by atoms with van der Waals surface area (Å²) in [5.41, 5.74) is 0. The Morgan fingerprint density at radius 2 is 1.29 bits per heavy atom. The zero-order chi connectivity index (χ0) is 14.5. The summed E-state index contributed by atoms with van der Waals surface area (Å²) in [5, 5.41) is 0. The van der Waals surface area contributed by atoms with E-state index in [-0.39, 0.29) is 0 Å². The molecule has 0 amide bonds. The molecule has 0 bridgehead atoms. The number of ether oxygens (including phenoxy) is 3. The first kappa shape index (κ1) is 15.8. The Morgan fingerprint density at radius 3 is 2.00 bits per heavy atom. The zero-order valence-electron chi connectivity index (χ0n) is 13.6. The third-order valence-electron chi connectivity index (χ3n) is 5.08. The van der Waals surface area contributed by atoms with Gasteiger partial charge >= 0.3 is 0 Å². The van der Waals surface area contributed by atoms with Gasteiger partial charge in [-0.25, -0.2) is 0 Å². The average Bonchev–Trinajstić information content (AvgIpc) is 3.33. The van der Waals surface area contributed by atoms with Gasteiger partial charge in [0.1, 0.15) is 0 Å². The second kappa shape index (κ2) is 7.94. The summed E-state index contributed by atoms with van der Waals surface area (Å²) in [4.78, 5) is 0. The van der Waals surface area contributed by atoms with Crippen LogP contribution in [-0.4, -0.2) is 37.1 Å². The fourth-order valence-electron chi connectivity index (χ4n) is 3.41. The van der Waals surface area contributed by atoms with Crippen molar-refractivity contribution in [1.29, 1.82) is 0 Å². The molecule has 0 N–H and O–H groups in total. The molecule has 21 heavy (non-hydrogen) atoms. The Kier molecular flexibility index (Phi) is 5.96. The summed E-state index contributed by atoms with van der Waals surface area (Å²) in [6.07, 6.45) is 17.2. The van der Waals surface area contributed by atoms with Gasteiger partial charge in [-0.1, -0.05) is 58.3 Å². The van der Waals surface area contributed by atoms with E-state index in [0.717, 1.165) is 19.4 Å². The standard InChI is InChI=1S/C18H32O3/c1-2-3-4-5-6-7-8-9-10-15-17(20-15)12-18-16(21-18)11-14-13-19-14/h14-18H,2-13H2,1H3.